The van der Waals surface area contributed by atoms with Crippen LogP contribution < -0.4 is 5.73 Å². The summed E-state index contributed by atoms with van der Waals surface area (Å²) in [6.45, 7) is 3.66. The van der Waals surface area contributed by atoms with Crippen LogP contribution in [0.4, 0.5) is 8.78 Å². The van der Waals surface area contributed by atoms with Crippen LogP contribution in [0.15, 0.2) is 22.7 Å². The molecule has 2 aromatic rings. The summed E-state index contributed by atoms with van der Waals surface area (Å²) in [5, 5.41) is 3.76. The molecule has 6 heteroatoms. The molecule has 0 fully saturated rings. The van der Waals surface area contributed by atoms with Crippen molar-refractivity contribution in [1.29, 1.82) is 0 Å². The quantitative estimate of drug-likeness (QED) is 0.924. The van der Waals surface area contributed by atoms with Crippen LogP contribution in [0.5, 0.6) is 0 Å². The zero-order valence-electron chi connectivity index (χ0n) is 10.8. The number of nitrogens with zero attached hydrogens (tertiary/aromatic N) is 2. The third-order valence-electron chi connectivity index (χ3n) is 3.10. The monoisotopic (exact) mass is 267 g/mol. The lowest BCUT2D eigenvalue weighted by Crippen LogP contribution is -2.33. The molecule has 1 atom stereocenters. The van der Waals surface area contributed by atoms with Gasteiger partial charge in [0.1, 0.15) is 11.6 Å². The Morgan fingerprint density at radius 3 is 2.53 bits per heavy atom. The molecule has 2 N–H and O–H groups in total. The van der Waals surface area contributed by atoms with E-state index in [1.54, 1.807) is 6.92 Å². The first-order chi connectivity index (χ1) is 8.94. The van der Waals surface area contributed by atoms with E-state index in [0.29, 0.717) is 12.2 Å². The molecule has 0 spiro atoms. The summed E-state index contributed by atoms with van der Waals surface area (Å²) in [4.78, 5) is 4.09. The van der Waals surface area contributed by atoms with Crippen molar-refractivity contribution in [2.24, 2.45) is 5.73 Å². The van der Waals surface area contributed by atoms with Crippen molar-refractivity contribution >= 4 is 0 Å². The third-order valence-corrected chi connectivity index (χ3v) is 3.10. The molecular weight excluding hydrogens is 252 g/mol. The van der Waals surface area contributed by atoms with Crippen molar-refractivity contribution in [3.8, 4) is 0 Å². The Morgan fingerprint density at radius 1 is 1.32 bits per heavy atom. The molecule has 1 heterocycles. The van der Waals surface area contributed by atoms with Crippen LogP contribution in [0.1, 0.15) is 37.5 Å². The van der Waals surface area contributed by atoms with Crippen molar-refractivity contribution in [2.45, 2.75) is 32.2 Å². The molecule has 0 aliphatic carbocycles. The number of aromatic nitrogens is 2. The second-order valence-corrected chi connectivity index (χ2v) is 4.66. The van der Waals surface area contributed by atoms with Crippen LogP contribution in [-0.4, -0.2) is 10.1 Å². The Bertz CT molecular complexity index is 561. The summed E-state index contributed by atoms with van der Waals surface area (Å²) in [5.74, 6) is -0.789. The minimum absolute atomic E-state index is 0.0899. The average Bonchev–Trinajstić information content (AvgIpc) is 2.83. The van der Waals surface area contributed by atoms with Gasteiger partial charge in [-0.2, -0.15) is 4.98 Å². The Kier molecular flexibility index (Phi) is 3.61. The van der Waals surface area contributed by atoms with Crippen molar-refractivity contribution in [1.82, 2.24) is 10.1 Å². The first-order valence-electron chi connectivity index (χ1n) is 5.99. The summed E-state index contributed by atoms with van der Waals surface area (Å²) < 4.78 is 32.0. The van der Waals surface area contributed by atoms with E-state index in [1.807, 2.05) is 6.92 Å². The standard InChI is InChI=1S/C13H15F2N3O/c1-3-13(2,16)12-17-11(19-18-12)7-8-9(14)5-4-6-10(8)15/h4-6H,3,7,16H2,1-2H3. The Hall–Kier alpha value is -1.82. The van der Waals surface area contributed by atoms with Gasteiger partial charge in [-0.3, -0.25) is 0 Å². The van der Waals surface area contributed by atoms with Crippen LogP contribution in [0.3, 0.4) is 0 Å². The fourth-order valence-electron chi connectivity index (χ4n) is 1.57. The summed E-state index contributed by atoms with van der Waals surface area (Å²) in [5.41, 5.74) is 5.17. The molecule has 0 amide bonds. The zero-order chi connectivity index (χ0) is 14.0. The molecular formula is C13H15F2N3O. The highest BCUT2D eigenvalue weighted by molar-refractivity contribution is 5.22. The fraction of sp³-hybridized carbons (Fsp3) is 0.385. The molecule has 1 unspecified atom stereocenters. The Balaban J connectivity index is 2.26. The average molecular weight is 267 g/mol. The largest absolute Gasteiger partial charge is 0.339 e. The molecule has 1 aromatic heterocycles. The van der Waals surface area contributed by atoms with Crippen molar-refractivity contribution < 1.29 is 13.3 Å². The highest BCUT2D eigenvalue weighted by Crippen LogP contribution is 2.20. The van der Waals surface area contributed by atoms with Gasteiger partial charge in [0.2, 0.25) is 5.89 Å². The van der Waals surface area contributed by atoms with Gasteiger partial charge in [-0.15, -0.1) is 0 Å². The lowest BCUT2D eigenvalue weighted by Gasteiger charge is -2.16. The molecule has 1 aromatic carbocycles. The maximum absolute atomic E-state index is 13.5. The number of hydrogen-bond acceptors (Lipinski definition) is 4. The first-order valence-corrected chi connectivity index (χ1v) is 5.99. The van der Waals surface area contributed by atoms with Gasteiger partial charge in [-0.05, 0) is 25.5 Å². The van der Waals surface area contributed by atoms with E-state index in [4.69, 9.17) is 10.3 Å². The molecule has 2 rings (SSSR count). The van der Waals surface area contributed by atoms with E-state index >= 15 is 0 Å². The molecule has 0 aliphatic rings. The predicted octanol–water partition coefficient (Wildman–Crippen LogP) is 2.52. The molecule has 0 aliphatic heterocycles. The topological polar surface area (TPSA) is 64.9 Å². The predicted molar refractivity (Wildman–Crippen MR) is 65.3 cm³/mol. The van der Waals surface area contributed by atoms with Gasteiger partial charge in [-0.1, -0.05) is 18.1 Å². The normalized spacial score (nSPS) is 14.4. The van der Waals surface area contributed by atoms with Crippen LogP contribution in [-0.2, 0) is 12.0 Å². The van der Waals surface area contributed by atoms with Gasteiger partial charge >= 0.3 is 0 Å². The maximum atomic E-state index is 13.5. The molecule has 0 saturated heterocycles. The summed E-state index contributed by atoms with van der Waals surface area (Å²) in [6.07, 6.45) is 0.533. The van der Waals surface area contributed by atoms with Crippen molar-refractivity contribution in [3.05, 3.63) is 47.1 Å². The molecule has 0 bridgehead atoms. The highest BCUT2D eigenvalue weighted by atomic mass is 19.1. The van der Waals surface area contributed by atoms with Gasteiger partial charge in [0.25, 0.3) is 0 Å². The number of nitrogens with two attached hydrogens (primary N) is 1. The minimum Gasteiger partial charge on any atom is -0.339 e. The maximum Gasteiger partial charge on any atom is 0.231 e. The highest BCUT2D eigenvalue weighted by Gasteiger charge is 2.25. The second kappa shape index (κ2) is 5.05. The van der Waals surface area contributed by atoms with E-state index in [-0.39, 0.29) is 17.9 Å². The minimum atomic E-state index is -0.713. The number of benzene rings is 1. The van der Waals surface area contributed by atoms with Crippen LogP contribution in [0.25, 0.3) is 0 Å². The summed E-state index contributed by atoms with van der Waals surface area (Å²) in [7, 11) is 0. The van der Waals surface area contributed by atoms with E-state index in [1.165, 1.54) is 18.2 Å². The molecule has 0 radical (unpaired) electrons. The number of hydrogen-bond donors (Lipinski definition) is 1. The number of rotatable bonds is 4. The van der Waals surface area contributed by atoms with Crippen LogP contribution in [0, 0.1) is 11.6 Å². The van der Waals surface area contributed by atoms with Crippen molar-refractivity contribution in [3.63, 3.8) is 0 Å². The molecule has 0 saturated carbocycles. The fourth-order valence-corrected chi connectivity index (χ4v) is 1.57. The Morgan fingerprint density at radius 2 is 1.95 bits per heavy atom. The smallest absolute Gasteiger partial charge is 0.231 e. The molecule has 102 valence electrons. The van der Waals surface area contributed by atoms with Gasteiger partial charge in [0.15, 0.2) is 5.82 Å². The van der Waals surface area contributed by atoms with Crippen molar-refractivity contribution in [2.75, 3.05) is 0 Å². The van der Waals surface area contributed by atoms with E-state index in [2.05, 4.69) is 10.1 Å². The van der Waals surface area contributed by atoms with Crippen LogP contribution in [0.2, 0.25) is 0 Å². The second-order valence-electron chi connectivity index (χ2n) is 4.66. The summed E-state index contributed by atoms with van der Waals surface area (Å²) in [6, 6.07) is 3.69. The Labute approximate surface area is 109 Å². The first kappa shape index (κ1) is 13.6. The van der Waals surface area contributed by atoms with Gasteiger partial charge in [0.05, 0.1) is 12.0 Å². The van der Waals surface area contributed by atoms with Crippen LogP contribution >= 0.6 is 0 Å². The third kappa shape index (κ3) is 2.78. The van der Waals surface area contributed by atoms with Gasteiger partial charge in [0, 0.05) is 5.56 Å². The summed E-state index contributed by atoms with van der Waals surface area (Å²) >= 11 is 0. The zero-order valence-corrected chi connectivity index (χ0v) is 10.8. The lowest BCUT2D eigenvalue weighted by molar-refractivity contribution is 0.354. The van der Waals surface area contributed by atoms with E-state index in [0.717, 1.165) is 0 Å². The van der Waals surface area contributed by atoms with Gasteiger partial charge < -0.3 is 10.3 Å². The van der Waals surface area contributed by atoms with E-state index < -0.39 is 17.2 Å². The van der Waals surface area contributed by atoms with Gasteiger partial charge in [-0.25, -0.2) is 8.78 Å². The molecule has 4 nitrogen and oxygen atoms in total. The molecule has 19 heavy (non-hydrogen) atoms. The SMILES string of the molecule is CCC(C)(N)c1noc(Cc2c(F)cccc2F)n1. The lowest BCUT2D eigenvalue weighted by atomic mass is 10.00. The number of halogens is 2. The van der Waals surface area contributed by atoms with E-state index in [9.17, 15) is 8.78 Å².